The van der Waals surface area contributed by atoms with E-state index >= 15 is 0 Å². The summed E-state index contributed by atoms with van der Waals surface area (Å²) < 4.78 is 44.5. The van der Waals surface area contributed by atoms with Gasteiger partial charge in [0.05, 0.1) is 11.6 Å². The van der Waals surface area contributed by atoms with Gasteiger partial charge in [-0.2, -0.15) is 13.2 Å². The minimum Gasteiger partial charge on any atom is -0.453 e. The van der Waals surface area contributed by atoms with Crippen molar-refractivity contribution in [1.82, 2.24) is 5.32 Å². The zero-order chi connectivity index (χ0) is 14.8. The van der Waals surface area contributed by atoms with E-state index in [9.17, 15) is 13.2 Å². The van der Waals surface area contributed by atoms with Crippen LogP contribution < -0.4 is 5.32 Å². The smallest absolute Gasteiger partial charge is 0.416 e. The Morgan fingerprint density at radius 3 is 2.50 bits per heavy atom. The molecule has 1 aromatic heterocycles. The first-order valence-electron chi connectivity index (χ1n) is 6.01. The minimum atomic E-state index is -4.34. The Morgan fingerprint density at radius 1 is 1.20 bits per heavy atom. The maximum atomic E-state index is 12.8. The van der Waals surface area contributed by atoms with Crippen LogP contribution >= 0.6 is 15.9 Å². The molecule has 20 heavy (non-hydrogen) atoms. The molecular formula is C14H13BrF3NO. The van der Waals surface area contributed by atoms with Gasteiger partial charge >= 0.3 is 6.18 Å². The summed E-state index contributed by atoms with van der Waals surface area (Å²) in [5.74, 6) is 0.668. The molecule has 1 atom stereocenters. The largest absolute Gasteiger partial charge is 0.453 e. The van der Waals surface area contributed by atoms with Crippen molar-refractivity contribution in [2.24, 2.45) is 0 Å². The molecule has 6 heteroatoms. The number of halogens is 4. The Morgan fingerprint density at radius 2 is 1.90 bits per heavy atom. The maximum Gasteiger partial charge on any atom is 0.416 e. The van der Waals surface area contributed by atoms with Gasteiger partial charge < -0.3 is 9.73 Å². The molecule has 1 heterocycles. The third-order valence-corrected chi connectivity index (χ3v) is 3.37. The lowest BCUT2D eigenvalue weighted by Gasteiger charge is -2.15. The molecule has 0 amide bonds. The van der Waals surface area contributed by atoms with E-state index in [4.69, 9.17) is 4.42 Å². The summed E-state index contributed by atoms with van der Waals surface area (Å²) in [7, 11) is 0. The van der Waals surface area contributed by atoms with Crippen molar-refractivity contribution in [2.45, 2.75) is 25.7 Å². The quantitative estimate of drug-likeness (QED) is 0.849. The lowest BCUT2D eigenvalue weighted by atomic mass is 10.1. The van der Waals surface area contributed by atoms with E-state index in [2.05, 4.69) is 21.2 Å². The van der Waals surface area contributed by atoms with Crippen molar-refractivity contribution < 1.29 is 17.6 Å². The zero-order valence-electron chi connectivity index (χ0n) is 10.7. The molecule has 0 aliphatic rings. The molecule has 2 rings (SSSR count). The number of hydrogen-bond donors (Lipinski definition) is 1. The van der Waals surface area contributed by atoms with Crippen LogP contribution in [0.2, 0.25) is 0 Å². The van der Waals surface area contributed by atoms with Crippen molar-refractivity contribution in [3.63, 3.8) is 0 Å². The summed E-state index contributed by atoms with van der Waals surface area (Å²) in [4.78, 5) is 0. The summed E-state index contributed by atoms with van der Waals surface area (Å²) in [6.07, 6.45) is -4.34. The normalized spacial score (nSPS) is 13.4. The standard InChI is InChI=1S/C14H13BrF3NO/c1-9(12-6-7-13(15)20-12)19-8-10-4-2-3-5-11(10)14(16,17)18/h2-7,9,19H,8H2,1H3. The van der Waals surface area contributed by atoms with Crippen LogP contribution in [0, 0.1) is 0 Å². The summed E-state index contributed by atoms with van der Waals surface area (Å²) in [5, 5.41) is 3.03. The lowest BCUT2D eigenvalue weighted by Crippen LogP contribution is -2.20. The highest BCUT2D eigenvalue weighted by Gasteiger charge is 2.32. The lowest BCUT2D eigenvalue weighted by molar-refractivity contribution is -0.138. The first-order valence-corrected chi connectivity index (χ1v) is 6.81. The molecule has 0 fully saturated rings. The van der Waals surface area contributed by atoms with E-state index in [0.717, 1.165) is 6.07 Å². The van der Waals surface area contributed by atoms with Crippen molar-refractivity contribution in [2.75, 3.05) is 0 Å². The second-order valence-electron chi connectivity index (χ2n) is 4.40. The number of nitrogens with one attached hydrogen (secondary N) is 1. The molecule has 1 N–H and O–H groups in total. The molecule has 0 spiro atoms. The first-order chi connectivity index (χ1) is 9.38. The van der Waals surface area contributed by atoms with E-state index in [1.54, 1.807) is 18.2 Å². The first kappa shape index (κ1) is 15.1. The zero-order valence-corrected chi connectivity index (χ0v) is 12.3. The molecule has 0 saturated heterocycles. The number of benzene rings is 1. The van der Waals surface area contributed by atoms with Crippen LogP contribution in [-0.2, 0) is 12.7 Å². The highest BCUT2D eigenvalue weighted by atomic mass is 79.9. The van der Waals surface area contributed by atoms with Crippen LogP contribution in [0.15, 0.2) is 45.5 Å². The number of alkyl halides is 3. The molecule has 0 aliphatic carbocycles. The van der Waals surface area contributed by atoms with Crippen molar-refractivity contribution in [1.29, 1.82) is 0 Å². The van der Waals surface area contributed by atoms with Gasteiger partial charge in [-0.25, -0.2) is 0 Å². The Hall–Kier alpha value is -1.27. The van der Waals surface area contributed by atoms with Gasteiger partial charge in [0.1, 0.15) is 5.76 Å². The Labute approximate surface area is 123 Å². The topological polar surface area (TPSA) is 25.2 Å². The second kappa shape index (κ2) is 6.01. The number of rotatable bonds is 4. The third kappa shape index (κ3) is 3.64. The van der Waals surface area contributed by atoms with Gasteiger partial charge in [-0.15, -0.1) is 0 Å². The molecule has 0 aliphatic heterocycles. The Kier molecular flexibility index (Phi) is 4.55. The molecule has 0 bridgehead atoms. The molecule has 2 aromatic rings. The monoisotopic (exact) mass is 347 g/mol. The molecule has 108 valence electrons. The third-order valence-electron chi connectivity index (χ3n) is 2.94. The van der Waals surface area contributed by atoms with Crippen LogP contribution in [0.1, 0.15) is 29.9 Å². The highest BCUT2D eigenvalue weighted by Crippen LogP contribution is 2.32. The van der Waals surface area contributed by atoms with E-state index in [1.807, 2.05) is 6.92 Å². The van der Waals surface area contributed by atoms with Gasteiger partial charge in [-0.05, 0) is 46.6 Å². The molecule has 0 saturated carbocycles. The average molecular weight is 348 g/mol. The van der Waals surface area contributed by atoms with Crippen LogP contribution in [-0.4, -0.2) is 0 Å². The van der Waals surface area contributed by atoms with E-state index in [0.29, 0.717) is 10.4 Å². The van der Waals surface area contributed by atoms with Crippen LogP contribution in [0.5, 0.6) is 0 Å². The van der Waals surface area contributed by atoms with E-state index in [1.165, 1.54) is 12.1 Å². The Bertz CT molecular complexity index is 580. The van der Waals surface area contributed by atoms with Gasteiger partial charge in [0.25, 0.3) is 0 Å². The molecule has 0 radical (unpaired) electrons. The fourth-order valence-electron chi connectivity index (χ4n) is 1.88. The SMILES string of the molecule is CC(NCc1ccccc1C(F)(F)F)c1ccc(Br)o1. The van der Waals surface area contributed by atoms with Gasteiger partial charge in [-0.1, -0.05) is 18.2 Å². The summed E-state index contributed by atoms with van der Waals surface area (Å²) in [6, 6.07) is 8.89. The number of furan rings is 1. The summed E-state index contributed by atoms with van der Waals surface area (Å²) >= 11 is 3.19. The minimum absolute atomic E-state index is 0.120. The van der Waals surface area contributed by atoms with Crippen molar-refractivity contribution in [3.05, 3.63) is 58.0 Å². The van der Waals surface area contributed by atoms with Gasteiger partial charge in [0.2, 0.25) is 0 Å². The molecular weight excluding hydrogens is 335 g/mol. The van der Waals surface area contributed by atoms with Crippen LogP contribution in [0.25, 0.3) is 0 Å². The number of hydrogen-bond acceptors (Lipinski definition) is 2. The predicted octanol–water partition coefficient (Wildman–Crippen LogP) is 4.91. The molecule has 2 nitrogen and oxygen atoms in total. The highest BCUT2D eigenvalue weighted by molar-refractivity contribution is 9.10. The summed E-state index contributed by atoms with van der Waals surface area (Å²) in [5.41, 5.74) is -0.391. The maximum absolute atomic E-state index is 12.8. The van der Waals surface area contributed by atoms with E-state index < -0.39 is 11.7 Å². The van der Waals surface area contributed by atoms with Gasteiger partial charge in [0.15, 0.2) is 4.67 Å². The fraction of sp³-hybridized carbons (Fsp3) is 0.286. The average Bonchev–Trinajstić information content (AvgIpc) is 2.82. The van der Waals surface area contributed by atoms with Crippen molar-refractivity contribution >= 4 is 15.9 Å². The van der Waals surface area contributed by atoms with Crippen LogP contribution in [0.4, 0.5) is 13.2 Å². The van der Waals surface area contributed by atoms with E-state index in [-0.39, 0.29) is 18.2 Å². The fourth-order valence-corrected chi connectivity index (χ4v) is 2.19. The van der Waals surface area contributed by atoms with Crippen LogP contribution in [0.3, 0.4) is 0 Å². The second-order valence-corrected chi connectivity index (χ2v) is 5.18. The molecule has 1 aromatic carbocycles. The summed E-state index contributed by atoms with van der Waals surface area (Å²) in [6.45, 7) is 1.96. The van der Waals surface area contributed by atoms with Gasteiger partial charge in [0, 0.05) is 6.54 Å². The van der Waals surface area contributed by atoms with Gasteiger partial charge in [-0.3, -0.25) is 0 Å². The Balaban J connectivity index is 2.08. The predicted molar refractivity (Wildman–Crippen MR) is 73.1 cm³/mol. The van der Waals surface area contributed by atoms with Crippen molar-refractivity contribution in [3.8, 4) is 0 Å². The molecule has 1 unspecified atom stereocenters.